The van der Waals surface area contributed by atoms with Gasteiger partial charge in [0.15, 0.2) is 0 Å². The Balaban J connectivity index is 4.05. The zero-order valence-electron chi connectivity index (χ0n) is 8.66. The van der Waals surface area contributed by atoms with E-state index in [-0.39, 0.29) is 18.3 Å². The van der Waals surface area contributed by atoms with Crippen molar-refractivity contribution in [3.8, 4) is 0 Å². The number of rotatable bonds is 6. The Morgan fingerprint density at radius 1 is 1.31 bits per heavy atom. The molecule has 0 spiro atoms. The quantitative estimate of drug-likeness (QED) is 0.669. The lowest BCUT2D eigenvalue weighted by Gasteiger charge is -2.24. The number of aliphatic carboxylic acids is 1. The zero-order chi connectivity index (χ0) is 10.4. The highest BCUT2D eigenvalue weighted by Gasteiger charge is 2.23. The van der Waals surface area contributed by atoms with Crippen LogP contribution in [-0.4, -0.2) is 22.3 Å². The average Bonchev–Trinajstić information content (AvgIpc) is 2.05. The number of hydrogen-bond acceptors (Lipinski definition) is 2. The van der Waals surface area contributed by atoms with Gasteiger partial charge in [0.25, 0.3) is 0 Å². The summed E-state index contributed by atoms with van der Waals surface area (Å²) in [6.45, 7) is 5.83. The summed E-state index contributed by atoms with van der Waals surface area (Å²) < 4.78 is 0. The monoisotopic (exact) mass is 188 g/mol. The topological polar surface area (TPSA) is 57.5 Å². The maximum absolute atomic E-state index is 10.4. The minimum atomic E-state index is -0.836. The fourth-order valence-corrected chi connectivity index (χ4v) is 1.63. The SMILES string of the molecule is CCC(CC)C(O)C(C)CC(=O)O. The lowest BCUT2D eigenvalue weighted by atomic mass is 9.87. The summed E-state index contributed by atoms with van der Waals surface area (Å²) in [5, 5.41) is 18.3. The highest BCUT2D eigenvalue weighted by molar-refractivity contribution is 5.67. The Morgan fingerprint density at radius 3 is 2.08 bits per heavy atom. The van der Waals surface area contributed by atoms with Crippen LogP contribution in [0.3, 0.4) is 0 Å². The normalized spacial score (nSPS) is 15.8. The van der Waals surface area contributed by atoms with Crippen molar-refractivity contribution in [3.05, 3.63) is 0 Å². The van der Waals surface area contributed by atoms with E-state index in [1.54, 1.807) is 6.92 Å². The maximum Gasteiger partial charge on any atom is 0.303 e. The first-order valence-electron chi connectivity index (χ1n) is 4.92. The molecule has 0 radical (unpaired) electrons. The van der Waals surface area contributed by atoms with Gasteiger partial charge in [0.05, 0.1) is 12.5 Å². The van der Waals surface area contributed by atoms with Gasteiger partial charge in [-0.05, 0) is 11.8 Å². The lowest BCUT2D eigenvalue weighted by molar-refractivity contribution is -0.139. The second-order valence-corrected chi connectivity index (χ2v) is 3.64. The molecule has 3 nitrogen and oxygen atoms in total. The Labute approximate surface area is 79.8 Å². The van der Waals surface area contributed by atoms with Crippen LogP contribution in [-0.2, 0) is 4.79 Å². The highest BCUT2D eigenvalue weighted by Crippen LogP contribution is 2.21. The molecule has 2 unspecified atom stereocenters. The number of carbonyl (C=O) groups is 1. The minimum Gasteiger partial charge on any atom is -0.481 e. The summed E-state index contributed by atoms with van der Waals surface area (Å²) in [4.78, 5) is 10.4. The Bertz CT molecular complexity index is 152. The van der Waals surface area contributed by atoms with Crippen molar-refractivity contribution in [2.24, 2.45) is 11.8 Å². The van der Waals surface area contributed by atoms with Gasteiger partial charge in [-0.1, -0.05) is 33.6 Å². The highest BCUT2D eigenvalue weighted by atomic mass is 16.4. The Kier molecular flexibility index (Phi) is 5.71. The smallest absolute Gasteiger partial charge is 0.303 e. The van der Waals surface area contributed by atoms with E-state index in [0.717, 1.165) is 12.8 Å². The molecule has 0 aliphatic heterocycles. The standard InChI is InChI=1S/C10H20O3/c1-4-8(5-2)10(13)7(3)6-9(11)12/h7-8,10,13H,4-6H2,1-3H3,(H,11,12). The van der Waals surface area contributed by atoms with Gasteiger partial charge < -0.3 is 10.2 Å². The van der Waals surface area contributed by atoms with Crippen LogP contribution >= 0.6 is 0 Å². The average molecular weight is 188 g/mol. The van der Waals surface area contributed by atoms with Gasteiger partial charge in [-0.15, -0.1) is 0 Å². The fourth-order valence-electron chi connectivity index (χ4n) is 1.63. The molecule has 0 rings (SSSR count). The van der Waals surface area contributed by atoms with Crippen LogP contribution in [0.2, 0.25) is 0 Å². The predicted molar refractivity (Wildman–Crippen MR) is 51.5 cm³/mol. The van der Waals surface area contributed by atoms with Crippen molar-refractivity contribution in [2.75, 3.05) is 0 Å². The lowest BCUT2D eigenvalue weighted by Crippen LogP contribution is -2.28. The van der Waals surface area contributed by atoms with Crippen molar-refractivity contribution >= 4 is 5.97 Å². The molecule has 0 saturated heterocycles. The van der Waals surface area contributed by atoms with E-state index in [0.29, 0.717) is 0 Å². The number of carboxylic acids is 1. The second kappa shape index (κ2) is 5.97. The summed E-state index contributed by atoms with van der Waals surface area (Å²) >= 11 is 0. The van der Waals surface area contributed by atoms with Crippen molar-refractivity contribution in [1.82, 2.24) is 0 Å². The molecular weight excluding hydrogens is 168 g/mol. The molecule has 2 atom stereocenters. The third-order valence-corrected chi connectivity index (χ3v) is 2.61. The Hall–Kier alpha value is -0.570. The number of hydrogen-bond donors (Lipinski definition) is 2. The molecule has 0 aliphatic carbocycles. The van der Waals surface area contributed by atoms with Crippen LogP contribution < -0.4 is 0 Å². The van der Waals surface area contributed by atoms with E-state index < -0.39 is 12.1 Å². The first-order valence-corrected chi connectivity index (χ1v) is 4.92. The summed E-state index contributed by atoms with van der Waals surface area (Å²) in [5.41, 5.74) is 0. The van der Waals surface area contributed by atoms with E-state index in [1.165, 1.54) is 0 Å². The second-order valence-electron chi connectivity index (χ2n) is 3.64. The molecule has 0 heterocycles. The van der Waals surface area contributed by atoms with Gasteiger partial charge in [-0.2, -0.15) is 0 Å². The maximum atomic E-state index is 10.4. The molecule has 0 aliphatic rings. The summed E-state index contributed by atoms with van der Waals surface area (Å²) in [6.07, 6.45) is 1.38. The van der Waals surface area contributed by atoms with Crippen LogP contribution in [0, 0.1) is 11.8 Å². The van der Waals surface area contributed by atoms with Gasteiger partial charge in [-0.3, -0.25) is 4.79 Å². The molecular formula is C10H20O3. The van der Waals surface area contributed by atoms with E-state index >= 15 is 0 Å². The largest absolute Gasteiger partial charge is 0.481 e. The number of aliphatic hydroxyl groups excluding tert-OH is 1. The van der Waals surface area contributed by atoms with Gasteiger partial charge in [0, 0.05) is 0 Å². The molecule has 0 aromatic rings. The first-order chi connectivity index (χ1) is 6.02. The molecule has 0 amide bonds. The molecule has 78 valence electrons. The minimum absolute atomic E-state index is 0.0532. The molecule has 0 aromatic carbocycles. The van der Waals surface area contributed by atoms with Gasteiger partial charge in [-0.25, -0.2) is 0 Å². The van der Waals surface area contributed by atoms with Crippen LogP contribution in [0.4, 0.5) is 0 Å². The molecule has 3 heteroatoms. The van der Waals surface area contributed by atoms with Crippen LogP contribution in [0.5, 0.6) is 0 Å². The van der Waals surface area contributed by atoms with Crippen LogP contribution in [0.25, 0.3) is 0 Å². The van der Waals surface area contributed by atoms with E-state index in [4.69, 9.17) is 5.11 Å². The van der Waals surface area contributed by atoms with Gasteiger partial charge in [0.2, 0.25) is 0 Å². The molecule has 2 N–H and O–H groups in total. The fraction of sp³-hybridized carbons (Fsp3) is 0.900. The van der Waals surface area contributed by atoms with Crippen LogP contribution in [0.1, 0.15) is 40.0 Å². The molecule has 0 bridgehead atoms. The van der Waals surface area contributed by atoms with Crippen molar-refractivity contribution in [3.63, 3.8) is 0 Å². The molecule has 13 heavy (non-hydrogen) atoms. The Morgan fingerprint density at radius 2 is 1.77 bits per heavy atom. The third-order valence-electron chi connectivity index (χ3n) is 2.61. The zero-order valence-corrected chi connectivity index (χ0v) is 8.66. The predicted octanol–water partition coefficient (Wildman–Crippen LogP) is 1.89. The van der Waals surface area contributed by atoms with Crippen molar-refractivity contribution < 1.29 is 15.0 Å². The summed E-state index contributed by atoms with van der Waals surface area (Å²) in [6, 6.07) is 0. The van der Waals surface area contributed by atoms with E-state index in [1.807, 2.05) is 13.8 Å². The summed E-state index contributed by atoms with van der Waals surface area (Å²) in [5.74, 6) is -0.755. The van der Waals surface area contributed by atoms with Gasteiger partial charge >= 0.3 is 5.97 Å². The number of aliphatic hydroxyl groups is 1. The van der Waals surface area contributed by atoms with Gasteiger partial charge in [0.1, 0.15) is 0 Å². The molecule has 0 fully saturated rings. The van der Waals surface area contributed by atoms with E-state index in [2.05, 4.69) is 0 Å². The first kappa shape index (κ1) is 12.4. The van der Waals surface area contributed by atoms with E-state index in [9.17, 15) is 9.90 Å². The molecule has 0 aromatic heterocycles. The van der Waals surface area contributed by atoms with Crippen molar-refractivity contribution in [2.45, 2.75) is 46.1 Å². The number of carboxylic acid groups (broad SMARTS) is 1. The van der Waals surface area contributed by atoms with Crippen molar-refractivity contribution in [1.29, 1.82) is 0 Å². The van der Waals surface area contributed by atoms with Crippen LogP contribution in [0.15, 0.2) is 0 Å². The molecule has 0 saturated carbocycles. The summed E-state index contributed by atoms with van der Waals surface area (Å²) in [7, 11) is 0. The third kappa shape index (κ3) is 4.27.